The Bertz CT molecular complexity index is 929. The highest BCUT2D eigenvalue weighted by Crippen LogP contribution is 2.31. The first kappa shape index (κ1) is 20.4. The topological polar surface area (TPSA) is 101 Å². The maximum atomic E-state index is 12.9. The lowest BCUT2D eigenvalue weighted by atomic mass is 10.1. The van der Waals surface area contributed by atoms with E-state index in [9.17, 15) is 14.9 Å². The molecular formula is C20H23N5O4S. The van der Waals surface area contributed by atoms with Crippen LogP contribution in [0.15, 0.2) is 36.5 Å². The second-order valence-electron chi connectivity index (χ2n) is 6.99. The van der Waals surface area contributed by atoms with Gasteiger partial charge in [0.05, 0.1) is 23.8 Å². The molecule has 0 aliphatic carbocycles. The quantitative estimate of drug-likeness (QED) is 0.572. The van der Waals surface area contributed by atoms with Gasteiger partial charge in [-0.25, -0.2) is 4.98 Å². The number of ether oxygens (including phenoxy) is 1. The first-order valence-electron chi connectivity index (χ1n) is 9.83. The van der Waals surface area contributed by atoms with E-state index in [0.29, 0.717) is 37.7 Å². The molecular weight excluding hydrogens is 406 g/mol. The molecule has 2 fully saturated rings. The number of hydrogen-bond acceptors (Lipinski definition) is 8. The molecule has 30 heavy (non-hydrogen) atoms. The molecule has 0 unspecified atom stereocenters. The number of amides is 1. The fourth-order valence-electron chi connectivity index (χ4n) is 3.60. The summed E-state index contributed by atoms with van der Waals surface area (Å²) in [5, 5.41) is 14.5. The number of nitrogens with zero attached hydrogens (tertiary/aromatic N) is 4. The summed E-state index contributed by atoms with van der Waals surface area (Å²) >= 11 is 1.89. The van der Waals surface area contributed by atoms with Crippen LogP contribution in [0.2, 0.25) is 0 Å². The fraction of sp³-hybridized carbons (Fsp3) is 0.400. The number of nitro benzene ring substituents is 1. The van der Waals surface area contributed by atoms with E-state index in [-0.39, 0.29) is 11.3 Å². The molecule has 2 aliphatic rings. The third kappa shape index (κ3) is 4.49. The number of thioether (sulfide) groups is 1. The van der Waals surface area contributed by atoms with Gasteiger partial charge in [0.15, 0.2) is 5.82 Å². The van der Waals surface area contributed by atoms with Crippen molar-refractivity contribution in [1.29, 1.82) is 0 Å². The third-order valence-electron chi connectivity index (χ3n) is 5.13. The van der Waals surface area contributed by atoms with Crippen LogP contribution in [0, 0.1) is 10.1 Å². The number of hydrogen-bond donors (Lipinski definition) is 1. The maximum absolute atomic E-state index is 12.9. The van der Waals surface area contributed by atoms with Crippen molar-refractivity contribution in [3.8, 4) is 0 Å². The lowest BCUT2D eigenvalue weighted by molar-refractivity contribution is -0.384. The molecule has 4 rings (SSSR count). The Morgan fingerprint density at radius 1 is 1.13 bits per heavy atom. The van der Waals surface area contributed by atoms with Crippen molar-refractivity contribution in [3.63, 3.8) is 0 Å². The van der Waals surface area contributed by atoms with Crippen LogP contribution in [-0.4, -0.2) is 66.7 Å². The zero-order valence-electron chi connectivity index (χ0n) is 16.5. The van der Waals surface area contributed by atoms with Crippen LogP contribution in [0.4, 0.5) is 22.9 Å². The summed E-state index contributed by atoms with van der Waals surface area (Å²) in [6, 6.07) is 8.18. The van der Waals surface area contributed by atoms with Gasteiger partial charge in [-0.1, -0.05) is 0 Å². The standard InChI is InChI=1S/C20H23N5O4S/c26-20(22-16-2-1-5-21-19(16)24-8-12-30-13-9-24)15-3-4-17(18(14-15)25(27)28)23-6-10-29-11-7-23/h1-5,14H,6-13H2,(H,22,26). The van der Waals surface area contributed by atoms with E-state index in [1.54, 1.807) is 30.5 Å². The van der Waals surface area contributed by atoms with Crippen molar-refractivity contribution < 1.29 is 14.5 Å². The molecule has 0 atom stereocenters. The molecule has 0 radical (unpaired) electrons. The van der Waals surface area contributed by atoms with E-state index >= 15 is 0 Å². The lowest BCUT2D eigenvalue weighted by Gasteiger charge is -2.29. The van der Waals surface area contributed by atoms with Crippen LogP contribution in [0.3, 0.4) is 0 Å². The van der Waals surface area contributed by atoms with Crippen LogP contribution < -0.4 is 15.1 Å². The van der Waals surface area contributed by atoms with Gasteiger partial charge in [0.25, 0.3) is 11.6 Å². The second-order valence-corrected chi connectivity index (χ2v) is 8.21. The Morgan fingerprint density at radius 2 is 1.90 bits per heavy atom. The van der Waals surface area contributed by atoms with E-state index in [1.807, 2.05) is 16.7 Å². The van der Waals surface area contributed by atoms with Gasteiger partial charge in [0.1, 0.15) is 5.69 Å². The van der Waals surface area contributed by atoms with E-state index in [2.05, 4.69) is 15.2 Å². The minimum atomic E-state index is -0.442. The Kier molecular flexibility index (Phi) is 6.34. The summed E-state index contributed by atoms with van der Waals surface area (Å²) in [6.07, 6.45) is 1.70. The number of nitro groups is 1. The zero-order valence-corrected chi connectivity index (χ0v) is 17.3. The number of morpholine rings is 1. The fourth-order valence-corrected chi connectivity index (χ4v) is 4.50. The van der Waals surface area contributed by atoms with Crippen molar-refractivity contribution in [2.75, 3.05) is 66.0 Å². The molecule has 10 heteroatoms. The third-order valence-corrected chi connectivity index (χ3v) is 6.07. The van der Waals surface area contributed by atoms with Crippen LogP contribution >= 0.6 is 11.8 Å². The van der Waals surface area contributed by atoms with Gasteiger partial charge in [-0.2, -0.15) is 11.8 Å². The van der Waals surface area contributed by atoms with Gasteiger partial charge in [-0.05, 0) is 24.3 Å². The predicted molar refractivity (Wildman–Crippen MR) is 118 cm³/mol. The number of aromatic nitrogens is 1. The average Bonchev–Trinajstić information content (AvgIpc) is 2.80. The van der Waals surface area contributed by atoms with E-state index in [1.165, 1.54) is 6.07 Å². The highest BCUT2D eigenvalue weighted by molar-refractivity contribution is 7.99. The number of carbonyl (C=O) groups excluding carboxylic acids is 1. The van der Waals surface area contributed by atoms with Crippen molar-refractivity contribution in [1.82, 2.24) is 4.98 Å². The maximum Gasteiger partial charge on any atom is 0.293 e. The van der Waals surface area contributed by atoms with Crippen LogP contribution in [0.5, 0.6) is 0 Å². The molecule has 3 heterocycles. The van der Waals surface area contributed by atoms with Crippen molar-refractivity contribution in [3.05, 3.63) is 52.2 Å². The van der Waals surface area contributed by atoms with Gasteiger partial charge >= 0.3 is 0 Å². The largest absolute Gasteiger partial charge is 0.378 e. The zero-order chi connectivity index (χ0) is 20.9. The van der Waals surface area contributed by atoms with E-state index in [0.717, 1.165) is 30.4 Å². The monoisotopic (exact) mass is 429 g/mol. The first-order valence-corrected chi connectivity index (χ1v) is 11.0. The summed E-state index contributed by atoms with van der Waals surface area (Å²) in [7, 11) is 0. The number of rotatable bonds is 5. The SMILES string of the molecule is O=C(Nc1cccnc1N1CCSCC1)c1ccc(N2CCOCC2)c([N+](=O)[O-])c1. The molecule has 2 saturated heterocycles. The molecule has 1 amide bonds. The number of nitrogens with one attached hydrogen (secondary N) is 1. The number of pyridine rings is 1. The van der Waals surface area contributed by atoms with Crippen LogP contribution in [-0.2, 0) is 4.74 Å². The Hall–Kier alpha value is -2.85. The Morgan fingerprint density at radius 3 is 2.63 bits per heavy atom. The predicted octanol–water partition coefficient (Wildman–Crippen LogP) is 2.63. The van der Waals surface area contributed by atoms with Crippen LogP contribution in [0.1, 0.15) is 10.4 Å². The molecule has 158 valence electrons. The minimum absolute atomic E-state index is 0.0796. The molecule has 0 saturated carbocycles. The van der Waals surface area contributed by atoms with Gasteiger partial charge in [0, 0.05) is 55.5 Å². The second kappa shape index (κ2) is 9.31. The minimum Gasteiger partial charge on any atom is -0.378 e. The number of benzene rings is 1. The highest BCUT2D eigenvalue weighted by atomic mass is 32.2. The normalized spacial score (nSPS) is 16.9. The van der Waals surface area contributed by atoms with Gasteiger partial charge in [0.2, 0.25) is 0 Å². The Labute approximate surface area is 178 Å². The summed E-state index contributed by atoms with van der Waals surface area (Å²) in [5.74, 6) is 2.36. The first-order chi connectivity index (χ1) is 14.6. The molecule has 1 aromatic heterocycles. The molecule has 1 N–H and O–H groups in total. The molecule has 0 bridgehead atoms. The Balaban J connectivity index is 1.57. The van der Waals surface area contributed by atoms with Crippen molar-refractivity contribution >= 4 is 40.5 Å². The molecule has 1 aromatic carbocycles. The van der Waals surface area contributed by atoms with Crippen molar-refractivity contribution in [2.45, 2.75) is 0 Å². The average molecular weight is 430 g/mol. The number of carbonyl (C=O) groups is 1. The van der Waals surface area contributed by atoms with Crippen molar-refractivity contribution in [2.24, 2.45) is 0 Å². The summed E-state index contributed by atoms with van der Waals surface area (Å²) in [6.45, 7) is 3.95. The smallest absolute Gasteiger partial charge is 0.293 e. The molecule has 0 spiro atoms. The molecule has 2 aromatic rings. The van der Waals surface area contributed by atoms with Gasteiger partial charge in [-0.15, -0.1) is 0 Å². The lowest BCUT2D eigenvalue weighted by Crippen LogP contribution is -2.36. The highest BCUT2D eigenvalue weighted by Gasteiger charge is 2.24. The molecule has 2 aliphatic heterocycles. The van der Waals surface area contributed by atoms with Crippen LogP contribution in [0.25, 0.3) is 0 Å². The number of anilines is 3. The summed E-state index contributed by atoms with van der Waals surface area (Å²) < 4.78 is 5.32. The van der Waals surface area contributed by atoms with Gasteiger partial charge < -0.3 is 19.9 Å². The van der Waals surface area contributed by atoms with E-state index < -0.39 is 10.8 Å². The summed E-state index contributed by atoms with van der Waals surface area (Å²) in [4.78, 5) is 32.6. The molecule has 9 nitrogen and oxygen atoms in total. The van der Waals surface area contributed by atoms with Gasteiger partial charge in [-0.3, -0.25) is 14.9 Å². The summed E-state index contributed by atoms with van der Waals surface area (Å²) in [5.41, 5.74) is 1.27. The van der Waals surface area contributed by atoms with E-state index in [4.69, 9.17) is 4.74 Å².